The van der Waals surface area contributed by atoms with Crippen molar-refractivity contribution in [3.05, 3.63) is 23.9 Å². The van der Waals surface area contributed by atoms with Crippen LogP contribution in [0.2, 0.25) is 0 Å². The molecule has 86 valence electrons. The lowest BCUT2D eigenvalue weighted by molar-refractivity contribution is 0.0697. The van der Waals surface area contributed by atoms with Gasteiger partial charge in [0.2, 0.25) is 0 Å². The van der Waals surface area contributed by atoms with Crippen LogP contribution < -0.4 is 4.90 Å². The standard InChI is InChI=1S/C11H14N2O3/c14-8-3-6-13(7-4-8)10-9(11(15)16)2-1-5-12-10/h1-2,5,8,14H,3-4,6-7H2,(H,15,16). The van der Waals surface area contributed by atoms with Gasteiger partial charge in [-0.25, -0.2) is 9.78 Å². The molecule has 2 rings (SSSR count). The fourth-order valence-corrected chi connectivity index (χ4v) is 1.89. The molecule has 2 heterocycles. The van der Waals surface area contributed by atoms with Crippen LogP contribution in [0.1, 0.15) is 23.2 Å². The third kappa shape index (κ3) is 2.14. The van der Waals surface area contributed by atoms with Crippen LogP contribution in [0.15, 0.2) is 18.3 Å². The van der Waals surface area contributed by atoms with E-state index < -0.39 is 5.97 Å². The zero-order chi connectivity index (χ0) is 11.5. The predicted octanol–water partition coefficient (Wildman–Crippen LogP) is 0.741. The van der Waals surface area contributed by atoms with Crippen molar-refractivity contribution >= 4 is 11.8 Å². The van der Waals surface area contributed by atoms with Crippen molar-refractivity contribution in [2.24, 2.45) is 0 Å². The zero-order valence-corrected chi connectivity index (χ0v) is 8.83. The number of aromatic carboxylic acids is 1. The largest absolute Gasteiger partial charge is 0.478 e. The smallest absolute Gasteiger partial charge is 0.339 e. The average molecular weight is 222 g/mol. The number of carboxylic acids is 1. The minimum Gasteiger partial charge on any atom is -0.478 e. The summed E-state index contributed by atoms with van der Waals surface area (Å²) in [5, 5.41) is 18.4. The molecule has 0 radical (unpaired) electrons. The van der Waals surface area contributed by atoms with E-state index in [4.69, 9.17) is 5.11 Å². The number of piperidine rings is 1. The third-order valence-corrected chi connectivity index (χ3v) is 2.78. The van der Waals surface area contributed by atoms with Crippen LogP contribution in [0.25, 0.3) is 0 Å². The van der Waals surface area contributed by atoms with Crippen LogP contribution in [0.3, 0.4) is 0 Å². The van der Waals surface area contributed by atoms with Gasteiger partial charge in [0, 0.05) is 19.3 Å². The second-order valence-electron chi connectivity index (χ2n) is 3.90. The van der Waals surface area contributed by atoms with Crippen molar-refractivity contribution in [1.29, 1.82) is 0 Å². The molecule has 5 nitrogen and oxygen atoms in total. The Kier molecular flexibility index (Phi) is 3.05. The van der Waals surface area contributed by atoms with Crippen LogP contribution in [-0.2, 0) is 0 Å². The van der Waals surface area contributed by atoms with Crippen molar-refractivity contribution in [2.75, 3.05) is 18.0 Å². The Balaban J connectivity index is 2.23. The average Bonchev–Trinajstić information content (AvgIpc) is 2.30. The van der Waals surface area contributed by atoms with Gasteiger partial charge in [0.25, 0.3) is 0 Å². The molecule has 1 saturated heterocycles. The molecule has 5 heteroatoms. The van der Waals surface area contributed by atoms with Crippen molar-refractivity contribution < 1.29 is 15.0 Å². The molecule has 16 heavy (non-hydrogen) atoms. The molecule has 1 aliphatic heterocycles. The highest BCUT2D eigenvalue weighted by molar-refractivity contribution is 5.93. The van der Waals surface area contributed by atoms with Gasteiger partial charge in [-0.15, -0.1) is 0 Å². The fourth-order valence-electron chi connectivity index (χ4n) is 1.89. The Morgan fingerprint density at radius 1 is 1.44 bits per heavy atom. The molecule has 1 fully saturated rings. The molecule has 0 atom stereocenters. The van der Waals surface area contributed by atoms with E-state index in [1.54, 1.807) is 18.3 Å². The second kappa shape index (κ2) is 4.49. The highest BCUT2D eigenvalue weighted by Gasteiger charge is 2.22. The zero-order valence-electron chi connectivity index (χ0n) is 8.83. The van der Waals surface area contributed by atoms with E-state index in [1.807, 2.05) is 4.90 Å². The number of pyridine rings is 1. The SMILES string of the molecule is O=C(O)c1cccnc1N1CCC(O)CC1. The van der Waals surface area contributed by atoms with Crippen LogP contribution in [0.4, 0.5) is 5.82 Å². The van der Waals surface area contributed by atoms with Crippen LogP contribution in [0.5, 0.6) is 0 Å². The summed E-state index contributed by atoms with van der Waals surface area (Å²) in [6.45, 7) is 1.30. The first-order valence-corrected chi connectivity index (χ1v) is 5.30. The van der Waals surface area contributed by atoms with Crippen LogP contribution in [0, 0.1) is 0 Å². The van der Waals surface area contributed by atoms with E-state index in [9.17, 15) is 9.90 Å². The third-order valence-electron chi connectivity index (χ3n) is 2.78. The Bertz CT molecular complexity index is 387. The first-order chi connectivity index (χ1) is 7.68. The number of aliphatic hydroxyl groups is 1. The number of rotatable bonds is 2. The Labute approximate surface area is 93.3 Å². The summed E-state index contributed by atoms with van der Waals surface area (Å²) in [7, 11) is 0. The topological polar surface area (TPSA) is 73.7 Å². The van der Waals surface area contributed by atoms with Gasteiger partial charge in [-0.05, 0) is 25.0 Å². The molecule has 0 bridgehead atoms. The molecule has 0 saturated carbocycles. The molecule has 0 unspecified atom stereocenters. The van der Waals surface area contributed by atoms with Crippen LogP contribution >= 0.6 is 0 Å². The minimum atomic E-state index is -0.964. The van der Waals surface area contributed by atoms with E-state index in [-0.39, 0.29) is 11.7 Å². The number of carboxylic acid groups (broad SMARTS) is 1. The maximum Gasteiger partial charge on any atom is 0.339 e. The maximum atomic E-state index is 11.0. The molecular weight excluding hydrogens is 208 g/mol. The number of aliphatic hydroxyl groups excluding tert-OH is 1. The first-order valence-electron chi connectivity index (χ1n) is 5.30. The van der Waals surface area contributed by atoms with Gasteiger partial charge in [-0.3, -0.25) is 0 Å². The number of hydrogen-bond donors (Lipinski definition) is 2. The molecule has 0 aliphatic carbocycles. The molecule has 0 aromatic carbocycles. The summed E-state index contributed by atoms with van der Waals surface area (Å²) in [6, 6.07) is 3.17. The summed E-state index contributed by atoms with van der Waals surface area (Å²) in [6.07, 6.45) is 2.64. The quantitative estimate of drug-likeness (QED) is 0.772. The van der Waals surface area contributed by atoms with Crippen molar-refractivity contribution in [1.82, 2.24) is 4.98 Å². The van der Waals surface area contributed by atoms with Gasteiger partial charge in [0.1, 0.15) is 11.4 Å². The monoisotopic (exact) mass is 222 g/mol. The maximum absolute atomic E-state index is 11.0. The summed E-state index contributed by atoms with van der Waals surface area (Å²) in [4.78, 5) is 17.0. The van der Waals surface area contributed by atoms with E-state index in [0.717, 1.165) is 0 Å². The molecule has 2 N–H and O–H groups in total. The van der Waals surface area contributed by atoms with Crippen molar-refractivity contribution in [3.63, 3.8) is 0 Å². The lowest BCUT2D eigenvalue weighted by Crippen LogP contribution is -2.37. The van der Waals surface area contributed by atoms with E-state index >= 15 is 0 Å². The molecular formula is C11H14N2O3. The van der Waals surface area contributed by atoms with E-state index in [2.05, 4.69) is 4.98 Å². The van der Waals surface area contributed by atoms with Gasteiger partial charge in [0.15, 0.2) is 0 Å². The molecule has 1 aliphatic rings. The van der Waals surface area contributed by atoms with Gasteiger partial charge in [0.05, 0.1) is 6.10 Å². The first kappa shape index (κ1) is 10.9. The molecule has 1 aromatic heterocycles. The molecule has 1 aromatic rings. The van der Waals surface area contributed by atoms with Crippen molar-refractivity contribution in [3.8, 4) is 0 Å². The number of anilines is 1. The second-order valence-corrected chi connectivity index (χ2v) is 3.90. The van der Waals surface area contributed by atoms with Crippen LogP contribution in [-0.4, -0.2) is 40.4 Å². The van der Waals surface area contributed by atoms with Gasteiger partial charge < -0.3 is 15.1 Å². The van der Waals surface area contributed by atoms with E-state index in [1.165, 1.54) is 0 Å². The summed E-state index contributed by atoms with van der Waals surface area (Å²) in [5.41, 5.74) is 0.221. The summed E-state index contributed by atoms with van der Waals surface area (Å²) >= 11 is 0. The Morgan fingerprint density at radius 2 is 2.12 bits per heavy atom. The highest BCUT2D eigenvalue weighted by atomic mass is 16.4. The van der Waals surface area contributed by atoms with E-state index in [0.29, 0.717) is 31.7 Å². The summed E-state index contributed by atoms with van der Waals surface area (Å²) < 4.78 is 0. The lowest BCUT2D eigenvalue weighted by atomic mass is 10.1. The number of nitrogens with zero attached hydrogens (tertiary/aromatic N) is 2. The molecule has 0 amide bonds. The Hall–Kier alpha value is -1.62. The minimum absolute atomic E-state index is 0.221. The Morgan fingerprint density at radius 3 is 2.75 bits per heavy atom. The lowest BCUT2D eigenvalue weighted by Gasteiger charge is -2.31. The number of carbonyl (C=O) groups is 1. The predicted molar refractivity (Wildman–Crippen MR) is 58.7 cm³/mol. The number of aromatic nitrogens is 1. The normalized spacial score (nSPS) is 17.4. The highest BCUT2D eigenvalue weighted by Crippen LogP contribution is 2.21. The van der Waals surface area contributed by atoms with Gasteiger partial charge in [-0.2, -0.15) is 0 Å². The fraction of sp³-hybridized carbons (Fsp3) is 0.455. The summed E-state index contributed by atoms with van der Waals surface area (Å²) in [5.74, 6) is -0.462. The number of hydrogen-bond acceptors (Lipinski definition) is 4. The molecule has 0 spiro atoms. The van der Waals surface area contributed by atoms with Crippen molar-refractivity contribution in [2.45, 2.75) is 18.9 Å². The van der Waals surface area contributed by atoms with Gasteiger partial charge in [-0.1, -0.05) is 0 Å². The van der Waals surface area contributed by atoms with Gasteiger partial charge >= 0.3 is 5.97 Å².